The van der Waals surface area contributed by atoms with Gasteiger partial charge in [-0.25, -0.2) is 0 Å². The lowest BCUT2D eigenvalue weighted by Crippen LogP contribution is -2.72. The van der Waals surface area contributed by atoms with Crippen LogP contribution in [0.4, 0.5) is 0 Å². The van der Waals surface area contributed by atoms with Gasteiger partial charge in [0.1, 0.15) is 5.41 Å². The highest BCUT2D eigenvalue weighted by atomic mass is 16.7. The maximum atomic E-state index is 12.5. The Labute approximate surface area is 141 Å². The molecule has 4 aliphatic carbocycles. The van der Waals surface area contributed by atoms with Gasteiger partial charge in [0, 0.05) is 23.2 Å². The number of nitro groups is 1. The lowest BCUT2D eigenvalue weighted by Gasteiger charge is -2.63. The Kier molecular flexibility index (Phi) is 2.61. The number of fused-ring (bicyclic) bond motifs is 2. The third-order valence-corrected chi connectivity index (χ3v) is 8.02. The van der Waals surface area contributed by atoms with Crippen LogP contribution in [0.3, 0.4) is 0 Å². The number of carbonyl (C=O) groups is 1. The molecule has 0 aromatic rings. The first kappa shape index (κ1) is 15.1. The Morgan fingerprint density at radius 2 is 2.04 bits per heavy atom. The standard InChI is InChI=1S/C18H25NO5/c1-15(2)5-4-13-16(10-15)9-14(20)24-18(23-13)8-11-3-6-17(16,18)12(7-11)19(21)22/h11-13H,3-10H2,1-2H3/t11-,12+,13-,16-,17+,18+/m1/s1. The zero-order chi connectivity index (χ0) is 17.0. The first-order valence-electron chi connectivity index (χ1n) is 9.27. The Morgan fingerprint density at radius 3 is 2.79 bits per heavy atom. The van der Waals surface area contributed by atoms with Crippen LogP contribution in [0.5, 0.6) is 0 Å². The van der Waals surface area contributed by atoms with Crippen LogP contribution in [0, 0.1) is 32.3 Å². The van der Waals surface area contributed by atoms with E-state index in [9.17, 15) is 14.9 Å². The van der Waals surface area contributed by atoms with E-state index in [1.807, 2.05) is 0 Å². The summed E-state index contributed by atoms with van der Waals surface area (Å²) in [5.74, 6) is -1.01. The molecule has 2 saturated heterocycles. The minimum Gasteiger partial charge on any atom is -0.432 e. The summed E-state index contributed by atoms with van der Waals surface area (Å²) in [6.07, 6.45) is 6.00. The number of hydrogen-bond acceptors (Lipinski definition) is 5. The maximum absolute atomic E-state index is 12.5. The van der Waals surface area contributed by atoms with Crippen LogP contribution < -0.4 is 0 Å². The molecule has 0 aromatic heterocycles. The van der Waals surface area contributed by atoms with Crippen molar-refractivity contribution >= 4 is 5.97 Å². The third kappa shape index (κ3) is 1.46. The average molecular weight is 335 g/mol. The molecular weight excluding hydrogens is 310 g/mol. The predicted octanol–water partition coefficient (Wildman–Crippen LogP) is 3.06. The molecule has 2 heterocycles. The molecule has 2 aliphatic heterocycles. The predicted molar refractivity (Wildman–Crippen MR) is 83.6 cm³/mol. The maximum Gasteiger partial charge on any atom is 0.309 e. The van der Waals surface area contributed by atoms with Crippen LogP contribution in [0.1, 0.15) is 65.2 Å². The summed E-state index contributed by atoms with van der Waals surface area (Å²) >= 11 is 0. The number of ether oxygens (including phenoxy) is 2. The van der Waals surface area contributed by atoms with Crippen LogP contribution in [0.25, 0.3) is 0 Å². The molecule has 0 amide bonds. The fraction of sp³-hybridized carbons (Fsp3) is 0.944. The number of hydrogen-bond donors (Lipinski definition) is 0. The molecule has 132 valence electrons. The molecule has 6 heteroatoms. The molecule has 4 bridgehead atoms. The summed E-state index contributed by atoms with van der Waals surface area (Å²) < 4.78 is 12.4. The molecular formula is C18H25NO5. The molecule has 0 radical (unpaired) electrons. The van der Waals surface area contributed by atoms with Gasteiger partial charge in [0.2, 0.25) is 11.8 Å². The second-order valence-electron chi connectivity index (χ2n) is 9.66. The SMILES string of the molecule is CC1(C)CC[C@H]2O[C@]34C[C@@H]5CC[C@]3([C@@H]([N+](=O)[O-])C5)[C@]2(CC(=O)O4)C1. The van der Waals surface area contributed by atoms with Crippen molar-refractivity contribution in [3.63, 3.8) is 0 Å². The van der Waals surface area contributed by atoms with Crippen LogP contribution in [-0.4, -0.2) is 28.8 Å². The second kappa shape index (κ2) is 4.14. The van der Waals surface area contributed by atoms with Gasteiger partial charge in [0.05, 0.1) is 12.5 Å². The average Bonchev–Trinajstić information content (AvgIpc) is 2.63. The lowest BCUT2D eigenvalue weighted by atomic mass is 9.40. The number of carbonyl (C=O) groups excluding carboxylic acids is 1. The third-order valence-electron chi connectivity index (χ3n) is 8.02. The van der Waals surface area contributed by atoms with Crippen LogP contribution in [0.15, 0.2) is 0 Å². The summed E-state index contributed by atoms with van der Waals surface area (Å²) in [6.45, 7) is 4.45. The van der Waals surface area contributed by atoms with Gasteiger partial charge < -0.3 is 9.47 Å². The lowest BCUT2D eigenvalue weighted by molar-refractivity contribution is -0.574. The minimum absolute atomic E-state index is 0.0729. The van der Waals surface area contributed by atoms with Crippen molar-refractivity contribution in [1.29, 1.82) is 0 Å². The van der Waals surface area contributed by atoms with E-state index in [1.165, 1.54) is 0 Å². The molecule has 6 rings (SSSR count). The van der Waals surface area contributed by atoms with E-state index in [1.54, 1.807) is 0 Å². The summed E-state index contributed by atoms with van der Waals surface area (Å²) in [4.78, 5) is 24.5. The van der Waals surface area contributed by atoms with E-state index in [0.29, 0.717) is 12.8 Å². The summed E-state index contributed by atoms with van der Waals surface area (Å²) in [6, 6.07) is -0.642. The molecule has 24 heavy (non-hydrogen) atoms. The van der Waals surface area contributed by atoms with Crippen molar-refractivity contribution in [2.45, 2.75) is 83.1 Å². The largest absolute Gasteiger partial charge is 0.432 e. The zero-order valence-corrected chi connectivity index (χ0v) is 14.4. The number of esters is 1. The molecule has 0 unspecified atom stereocenters. The Hall–Kier alpha value is -1.17. The molecule has 6 fully saturated rings. The van der Waals surface area contributed by atoms with Gasteiger partial charge in [-0.2, -0.15) is 0 Å². The van der Waals surface area contributed by atoms with E-state index < -0.39 is 22.7 Å². The molecule has 2 spiro atoms. The van der Waals surface area contributed by atoms with E-state index in [-0.39, 0.29) is 34.8 Å². The Bertz CT molecular complexity index is 647. The first-order valence-corrected chi connectivity index (χ1v) is 9.27. The van der Waals surface area contributed by atoms with Gasteiger partial charge in [0.25, 0.3) is 0 Å². The van der Waals surface area contributed by atoms with E-state index >= 15 is 0 Å². The highest BCUT2D eigenvalue weighted by Gasteiger charge is 2.86. The van der Waals surface area contributed by atoms with Crippen LogP contribution in [0.2, 0.25) is 0 Å². The van der Waals surface area contributed by atoms with Crippen LogP contribution >= 0.6 is 0 Å². The van der Waals surface area contributed by atoms with Crippen molar-refractivity contribution in [2.24, 2.45) is 22.2 Å². The van der Waals surface area contributed by atoms with Crippen molar-refractivity contribution in [2.75, 3.05) is 0 Å². The summed E-state index contributed by atoms with van der Waals surface area (Å²) in [7, 11) is 0. The summed E-state index contributed by atoms with van der Waals surface area (Å²) in [5, 5.41) is 12.0. The quantitative estimate of drug-likeness (QED) is 0.418. The highest BCUT2D eigenvalue weighted by molar-refractivity contribution is 5.73. The Balaban J connectivity index is 1.76. The van der Waals surface area contributed by atoms with E-state index in [2.05, 4.69) is 13.8 Å². The normalized spacial score (nSPS) is 53.9. The zero-order valence-electron chi connectivity index (χ0n) is 14.4. The van der Waals surface area contributed by atoms with Gasteiger partial charge >= 0.3 is 5.97 Å². The number of nitrogens with zero attached hydrogens (tertiary/aromatic N) is 1. The van der Waals surface area contributed by atoms with E-state index in [4.69, 9.17) is 9.47 Å². The molecule has 6 atom stereocenters. The fourth-order valence-corrected chi connectivity index (χ4v) is 7.47. The van der Waals surface area contributed by atoms with Crippen molar-refractivity contribution in [1.82, 2.24) is 0 Å². The summed E-state index contributed by atoms with van der Waals surface area (Å²) in [5.41, 5.74) is -0.973. The molecule has 6 nitrogen and oxygen atoms in total. The molecule has 0 N–H and O–H groups in total. The first-order chi connectivity index (χ1) is 11.2. The molecule has 4 saturated carbocycles. The second-order valence-corrected chi connectivity index (χ2v) is 9.66. The highest BCUT2D eigenvalue weighted by Crippen LogP contribution is 2.78. The van der Waals surface area contributed by atoms with Gasteiger partial charge in [-0.1, -0.05) is 13.8 Å². The smallest absolute Gasteiger partial charge is 0.309 e. The van der Waals surface area contributed by atoms with Crippen molar-refractivity contribution in [3.8, 4) is 0 Å². The van der Waals surface area contributed by atoms with Crippen molar-refractivity contribution < 1.29 is 19.2 Å². The molecule has 6 aliphatic rings. The fourth-order valence-electron chi connectivity index (χ4n) is 7.47. The van der Waals surface area contributed by atoms with Crippen LogP contribution in [-0.2, 0) is 14.3 Å². The van der Waals surface area contributed by atoms with Gasteiger partial charge in [-0.3, -0.25) is 14.9 Å². The van der Waals surface area contributed by atoms with Gasteiger partial charge in [-0.15, -0.1) is 0 Å². The minimum atomic E-state index is -1.04. The van der Waals surface area contributed by atoms with Crippen molar-refractivity contribution in [3.05, 3.63) is 10.1 Å². The Morgan fingerprint density at radius 1 is 1.25 bits per heavy atom. The van der Waals surface area contributed by atoms with Gasteiger partial charge in [-0.05, 0) is 43.4 Å². The monoisotopic (exact) mass is 335 g/mol. The molecule has 0 aromatic carbocycles. The topological polar surface area (TPSA) is 78.7 Å². The van der Waals surface area contributed by atoms with E-state index in [0.717, 1.165) is 32.1 Å². The number of rotatable bonds is 1. The van der Waals surface area contributed by atoms with Gasteiger partial charge in [0.15, 0.2) is 0 Å².